The van der Waals surface area contributed by atoms with Gasteiger partial charge in [0.2, 0.25) is 0 Å². The first-order valence-corrected chi connectivity index (χ1v) is 7.87. The van der Waals surface area contributed by atoms with Crippen LogP contribution in [0.25, 0.3) is 0 Å². The topological polar surface area (TPSA) is 12.4 Å². The quantitative estimate of drug-likeness (QED) is 0.525. The third-order valence-electron chi connectivity index (χ3n) is 6.52. The Balaban J connectivity index is 1.96. The Hall–Kier alpha value is -0.200. The first-order chi connectivity index (χ1) is 8.39. The van der Waals surface area contributed by atoms with Crippen molar-refractivity contribution in [1.29, 1.82) is 0 Å². The van der Waals surface area contributed by atoms with E-state index < -0.39 is 0 Å². The third-order valence-corrected chi connectivity index (χ3v) is 6.63. The molecule has 0 aliphatic heterocycles. The van der Waals surface area contributed by atoms with Gasteiger partial charge >= 0.3 is 0 Å². The van der Waals surface area contributed by atoms with Crippen LogP contribution in [0.1, 0.15) is 53.4 Å². The largest absolute Gasteiger partial charge is 0.229 e. The molecule has 0 heterocycles. The highest BCUT2D eigenvalue weighted by molar-refractivity contribution is 7.78. The number of hydrogen-bond acceptors (Lipinski definition) is 2. The molecule has 0 unspecified atom stereocenters. The van der Waals surface area contributed by atoms with Crippen molar-refractivity contribution in [2.75, 3.05) is 0 Å². The molecule has 0 amide bonds. The lowest BCUT2D eigenvalue weighted by atomic mass is 9.49. The van der Waals surface area contributed by atoms with Crippen molar-refractivity contribution >= 4 is 17.4 Å². The van der Waals surface area contributed by atoms with Crippen molar-refractivity contribution < 1.29 is 0 Å². The second-order valence-electron chi connectivity index (χ2n) is 8.04. The highest BCUT2D eigenvalue weighted by atomic mass is 32.1. The Bertz CT molecular complexity index is 411. The van der Waals surface area contributed by atoms with Crippen LogP contribution in [0.15, 0.2) is 4.99 Å². The second-order valence-corrected chi connectivity index (χ2v) is 8.23. The second kappa shape index (κ2) is 3.90. The maximum absolute atomic E-state index is 4.85. The van der Waals surface area contributed by atoms with E-state index in [0.717, 1.165) is 23.7 Å². The highest BCUT2D eigenvalue weighted by Gasteiger charge is 2.64. The zero-order valence-electron chi connectivity index (χ0n) is 12.1. The lowest BCUT2D eigenvalue weighted by Gasteiger charge is -2.57. The fourth-order valence-electron chi connectivity index (χ4n) is 5.93. The number of rotatable bonds is 2. The molecule has 4 aliphatic rings. The number of isothiocyanates is 1. The molecule has 0 aromatic heterocycles. The van der Waals surface area contributed by atoms with Gasteiger partial charge in [0, 0.05) is 0 Å². The minimum absolute atomic E-state index is 0.392. The van der Waals surface area contributed by atoms with Gasteiger partial charge in [-0.05, 0) is 72.4 Å². The Morgan fingerprint density at radius 3 is 2.50 bits per heavy atom. The molecule has 0 aromatic carbocycles. The molecule has 0 N–H and O–H groups in total. The van der Waals surface area contributed by atoms with Gasteiger partial charge < -0.3 is 0 Å². The van der Waals surface area contributed by atoms with Gasteiger partial charge in [-0.3, -0.25) is 0 Å². The molecule has 4 fully saturated rings. The van der Waals surface area contributed by atoms with Crippen molar-refractivity contribution in [2.24, 2.45) is 39.5 Å². The molecule has 0 radical (unpaired) electrons. The van der Waals surface area contributed by atoms with Crippen molar-refractivity contribution in [1.82, 2.24) is 0 Å². The minimum atomic E-state index is 0.392. The van der Waals surface area contributed by atoms with Gasteiger partial charge in [-0.15, -0.1) is 0 Å². The summed E-state index contributed by atoms with van der Waals surface area (Å²) in [6, 6.07) is 0.454. The fraction of sp³-hybridized carbons (Fsp3) is 0.938. The fourth-order valence-corrected chi connectivity index (χ4v) is 6.05. The van der Waals surface area contributed by atoms with E-state index in [9.17, 15) is 0 Å². The van der Waals surface area contributed by atoms with Crippen LogP contribution >= 0.6 is 12.2 Å². The number of aliphatic imine (C=N–C) groups is 1. The first kappa shape index (κ1) is 12.8. The van der Waals surface area contributed by atoms with Crippen LogP contribution in [-0.2, 0) is 0 Å². The molecule has 4 saturated carbocycles. The summed E-state index contributed by atoms with van der Waals surface area (Å²) in [5.41, 5.74) is 0.976. The summed E-state index contributed by atoms with van der Waals surface area (Å²) in [5.74, 6) is 3.63. The molecular weight excluding hydrogens is 238 g/mol. The lowest BCUT2D eigenvalue weighted by Crippen LogP contribution is -2.52. The molecule has 4 bridgehead atoms. The van der Waals surface area contributed by atoms with E-state index in [1.54, 1.807) is 0 Å². The van der Waals surface area contributed by atoms with Gasteiger partial charge in [-0.2, -0.15) is 0 Å². The molecule has 1 nitrogen and oxygen atoms in total. The van der Waals surface area contributed by atoms with Crippen LogP contribution in [0.4, 0.5) is 0 Å². The van der Waals surface area contributed by atoms with Crippen molar-refractivity contribution in [3.63, 3.8) is 0 Å². The summed E-state index contributed by atoms with van der Waals surface area (Å²) in [6.45, 7) is 9.83. The Kier molecular flexibility index (Phi) is 2.78. The van der Waals surface area contributed by atoms with Crippen molar-refractivity contribution in [3.8, 4) is 0 Å². The number of fused-ring (bicyclic) bond motifs is 1. The average Bonchev–Trinajstić information content (AvgIpc) is 2.47. The Morgan fingerprint density at radius 2 is 1.94 bits per heavy atom. The summed E-state index contributed by atoms with van der Waals surface area (Å²) >= 11 is 4.85. The maximum Gasteiger partial charge on any atom is 0.0659 e. The molecule has 4 rings (SSSR count). The zero-order valence-corrected chi connectivity index (χ0v) is 12.9. The van der Waals surface area contributed by atoms with E-state index in [0.29, 0.717) is 16.9 Å². The van der Waals surface area contributed by atoms with E-state index in [4.69, 9.17) is 12.2 Å². The van der Waals surface area contributed by atoms with E-state index in [1.807, 2.05) is 0 Å². The van der Waals surface area contributed by atoms with E-state index in [-0.39, 0.29) is 0 Å². The molecule has 0 spiro atoms. The van der Waals surface area contributed by atoms with Crippen LogP contribution in [0.5, 0.6) is 0 Å². The first-order valence-electron chi connectivity index (χ1n) is 7.47. The number of nitrogens with zero attached hydrogens (tertiary/aromatic N) is 1. The van der Waals surface area contributed by atoms with Crippen LogP contribution in [0.2, 0.25) is 0 Å². The lowest BCUT2D eigenvalue weighted by molar-refractivity contribution is -0.0591. The highest BCUT2D eigenvalue weighted by Crippen LogP contribution is 2.70. The number of hydrogen-bond donors (Lipinski definition) is 0. The Morgan fingerprint density at radius 1 is 1.22 bits per heavy atom. The SMILES string of the molecule is CC(C)[C@H]1C[C@@]2(C)C[C@@]3(C)C[C@@H]1[C@@H]2C[C@H]3N=C=S. The predicted octanol–water partition coefficient (Wildman–Crippen LogP) is 4.58. The van der Waals surface area contributed by atoms with E-state index in [1.165, 1.54) is 25.7 Å². The minimum Gasteiger partial charge on any atom is -0.229 e. The van der Waals surface area contributed by atoms with Crippen LogP contribution in [0, 0.1) is 34.5 Å². The number of thiocarbonyl (C=S) groups is 1. The molecule has 0 aromatic rings. The molecule has 6 atom stereocenters. The normalized spacial score (nSPS) is 53.6. The summed E-state index contributed by atoms with van der Waals surface area (Å²) in [4.78, 5) is 4.50. The summed E-state index contributed by atoms with van der Waals surface area (Å²) in [6.07, 6.45) is 5.45. The van der Waals surface area contributed by atoms with Gasteiger partial charge in [-0.1, -0.05) is 27.7 Å². The summed E-state index contributed by atoms with van der Waals surface area (Å²) < 4.78 is 0. The maximum atomic E-state index is 4.85. The third kappa shape index (κ3) is 1.58. The average molecular weight is 263 g/mol. The van der Waals surface area contributed by atoms with Crippen LogP contribution < -0.4 is 0 Å². The molecule has 100 valence electrons. The smallest absolute Gasteiger partial charge is 0.0659 e. The Labute approximate surface area is 116 Å². The predicted molar refractivity (Wildman–Crippen MR) is 78.8 cm³/mol. The molecule has 2 heteroatoms. The molecule has 18 heavy (non-hydrogen) atoms. The summed E-state index contributed by atoms with van der Waals surface area (Å²) in [7, 11) is 0. The molecular formula is C16H25NS. The summed E-state index contributed by atoms with van der Waals surface area (Å²) in [5, 5.41) is 2.65. The van der Waals surface area contributed by atoms with E-state index >= 15 is 0 Å². The van der Waals surface area contributed by atoms with Gasteiger partial charge in [0.1, 0.15) is 0 Å². The van der Waals surface area contributed by atoms with Gasteiger partial charge in [0.25, 0.3) is 0 Å². The van der Waals surface area contributed by atoms with E-state index in [2.05, 4.69) is 37.8 Å². The monoisotopic (exact) mass is 263 g/mol. The van der Waals surface area contributed by atoms with Gasteiger partial charge in [0.05, 0.1) is 11.2 Å². The zero-order chi connectivity index (χ0) is 13.1. The van der Waals surface area contributed by atoms with Crippen LogP contribution in [-0.4, -0.2) is 11.2 Å². The molecule has 4 aliphatic carbocycles. The van der Waals surface area contributed by atoms with Crippen molar-refractivity contribution in [2.45, 2.75) is 59.4 Å². The van der Waals surface area contributed by atoms with Gasteiger partial charge in [0.15, 0.2) is 0 Å². The van der Waals surface area contributed by atoms with Crippen molar-refractivity contribution in [3.05, 3.63) is 0 Å². The standard InChI is InChI=1S/C16H25NS/c1-10(2)11-6-15(3)8-16(4)7-12(11)13(15)5-14(16)17-9-18/h10-14H,5-8H2,1-4H3/t11-,12+,13+,14-,15+,16-/m1/s1. The van der Waals surface area contributed by atoms with Gasteiger partial charge in [-0.25, -0.2) is 4.99 Å². The molecule has 0 saturated heterocycles. The van der Waals surface area contributed by atoms with Crippen LogP contribution in [0.3, 0.4) is 0 Å².